The summed E-state index contributed by atoms with van der Waals surface area (Å²) in [5, 5.41) is 12.8. The summed E-state index contributed by atoms with van der Waals surface area (Å²) in [6.45, 7) is 0.260. The molecule has 8 heteroatoms. The minimum atomic E-state index is -3.40. The van der Waals surface area contributed by atoms with E-state index in [1.54, 1.807) is 11.4 Å². The lowest BCUT2D eigenvalue weighted by Gasteiger charge is -2.03. The van der Waals surface area contributed by atoms with E-state index < -0.39 is 10.0 Å². The van der Waals surface area contributed by atoms with Crippen LogP contribution in [-0.2, 0) is 10.0 Å². The highest BCUT2D eigenvalue weighted by Gasteiger charge is 2.13. The Morgan fingerprint density at radius 1 is 1.62 bits per heavy atom. The highest BCUT2D eigenvalue weighted by atomic mass is 32.2. The van der Waals surface area contributed by atoms with Gasteiger partial charge in [-0.25, -0.2) is 13.1 Å². The molecule has 0 aliphatic carbocycles. The van der Waals surface area contributed by atoms with Gasteiger partial charge in [0.15, 0.2) is 0 Å². The van der Waals surface area contributed by atoms with Gasteiger partial charge in [0.2, 0.25) is 10.0 Å². The van der Waals surface area contributed by atoms with Gasteiger partial charge in [0.1, 0.15) is 10.0 Å². The van der Waals surface area contributed by atoms with Crippen LogP contribution >= 0.6 is 11.3 Å². The Bertz CT molecular complexity index is 439. The number of thiophene rings is 1. The summed E-state index contributed by atoms with van der Waals surface area (Å²) in [6.07, 6.45) is 0.837. The number of nitrogens with two attached hydrogens (primary N) is 1. The van der Waals surface area contributed by atoms with E-state index in [1.807, 2.05) is 0 Å². The molecule has 0 aromatic carbocycles. The third-order valence-electron chi connectivity index (χ3n) is 1.79. The van der Waals surface area contributed by atoms with Gasteiger partial charge < -0.3 is 10.9 Å². The van der Waals surface area contributed by atoms with E-state index in [4.69, 9.17) is 10.9 Å². The number of hydrogen-bond donors (Lipinski definition) is 3. The van der Waals surface area contributed by atoms with Gasteiger partial charge in [-0.2, -0.15) is 0 Å². The molecule has 0 spiro atoms. The first kappa shape index (κ1) is 12.9. The fraction of sp³-hybridized carbons (Fsp3) is 0.375. The second kappa shape index (κ2) is 5.83. The fourth-order valence-corrected chi connectivity index (χ4v) is 3.13. The first-order chi connectivity index (χ1) is 7.56. The lowest BCUT2D eigenvalue weighted by molar-refractivity contribution is 0.316. The number of rotatable bonds is 6. The van der Waals surface area contributed by atoms with Crippen LogP contribution in [0.3, 0.4) is 0 Å². The van der Waals surface area contributed by atoms with E-state index in [1.165, 1.54) is 6.07 Å². The predicted molar refractivity (Wildman–Crippen MR) is 62.2 cm³/mol. The molecule has 1 aromatic heterocycles. The molecule has 0 fully saturated rings. The van der Waals surface area contributed by atoms with Crippen LogP contribution in [0, 0.1) is 0 Å². The molecular formula is C8H13N3O3S2. The van der Waals surface area contributed by atoms with Crippen molar-refractivity contribution in [2.45, 2.75) is 17.1 Å². The molecule has 0 saturated heterocycles. The summed E-state index contributed by atoms with van der Waals surface area (Å²) >= 11 is 1.16. The zero-order valence-electron chi connectivity index (χ0n) is 8.46. The normalized spacial score (nSPS) is 12.9. The standard InChI is InChI=1S/C8H13N3O3S2/c9-7(11-12)3-1-5-10-16(13,14)8-4-2-6-15-8/h2,4,6,10,12H,1,3,5H2,(H2,9,11). The molecule has 0 aliphatic rings. The van der Waals surface area contributed by atoms with Crippen LogP contribution < -0.4 is 10.5 Å². The molecule has 0 unspecified atom stereocenters. The zero-order chi connectivity index (χ0) is 12.0. The molecule has 0 aliphatic heterocycles. The summed E-state index contributed by atoms with van der Waals surface area (Å²) in [7, 11) is -3.40. The van der Waals surface area contributed by atoms with Crippen molar-refractivity contribution in [2.75, 3.05) is 6.54 Å². The molecule has 1 heterocycles. The van der Waals surface area contributed by atoms with Crippen LogP contribution in [0.2, 0.25) is 0 Å². The molecule has 0 saturated carbocycles. The molecule has 1 rings (SSSR count). The van der Waals surface area contributed by atoms with Crippen molar-refractivity contribution in [1.82, 2.24) is 4.72 Å². The van der Waals surface area contributed by atoms with Gasteiger partial charge in [-0.1, -0.05) is 11.2 Å². The topological polar surface area (TPSA) is 105 Å². The summed E-state index contributed by atoms with van der Waals surface area (Å²) in [6, 6.07) is 3.21. The van der Waals surface area contributed by atoms with Crippen molar-refractivity contribution in [3.63, 3.8) is 0 Å². The van der Waals surface area contributed by atoms with Gasteiger partial charge in [0, 0.05) is 13.0 Å². The molecule has 6 nitrogen and oxygen atoms in total. The number of hydrogen-bond acceptors (Lipinski definition) is 5. The smallest absolute Gasteiger partial charge is 0.250 e. The average molecular weight is 263 g/mol. The quantitative estimate of drug-likeness (QED) is 0.229. The molecule has 1 aromatic rings. The molecule has 4 N–H and O–H groups in total. The Morgan fingerprint density at radius 3 is 2.94 bits per heavy atom. The van der Waals surface area contributed by atoms with Crippen LogP contribution in [0.5, 0.6) is 0 Å². The predicted octanol–water partition coefficient (Wildman–Crippen LogP) is 0.553. The number of nitrogens with one attached hydrogen (secondary N) is 1. The van der Waals surface area contributed by atoms with Gasteiger partial charge in [-0.3, -0.25) is 0 Å². The first-order valence-corrected chi connectivity index (χ1v) is 6.92. The van der Waals surface area contributed by atoms with E-state index in [2.05, 4.69) is 9.88 Å². The average Bonchev–Trinajstić information content (AvgIpc) is 2.78. The first-order valence-electron chi connectivity index (χ1n) is 4.56. The van der Waals surface area contributed by atoms with Gasteiger partial charge in [-0.15, -0.1) is 11.3 Å². The highest BCUT2D eigenvalue weighted by molar-refractivity contribution is 7.91. The van der Waals surface area contributed by atoms with E-state index in [9.17, 15) is 8.42 Å². The molecule has 90 valence electrons. The Balaban J connectivity index is 2.39. The SMILES string of the molecule is NC(CCCNS(=O)(=O)c1cccs1)=NO. The van der Waals surface area contributed by atoms with Crippen molar-refractivity contribution in [3.8, 4) is 0 Å². The van der Waals surface area contributed by atoms with Gasteiger partial charge >= 0.3 is 0 Å². The van der Waals surface area contributed by atoms with E-state index in [-0.39, 0.29) is 16.6 Å². The summed E-state index contributed by atoms with van der Waals surface area (Å²) in [5.74, 6) is 0.0929. The van der Waals surface area contributed by atoms with Crippen molar-refractivity contribution in [2.24, 2.45) is 10.9 Å². The largest absolute Gasteiger partial charge is 0.409 e. The van der Waals surface area contributed by atoms with E-state index >= 15 is 0 Å². The number of nitrogens with zero attached hydrogens (tertiary/aromatic N) is 1. The minimum Gasteiger partial charge on any atom is -0.409 e. The van der Waals surface area contributed by atoms with Crippen LogP contribution in [0.4, 0.5) is 0 Å². The summed E-state index contributed by atoms with van der Waals surface area (Å²) < 4.78 is 25.9. The molecule has 16 heavy (non-hydrogen) atoms. The van der Waals surface area contributed by atoms with Crippen molar-refractivity contribution in [3.05, 3.63) is 17.5 Å². The van der Waals surface area contributed by atoms with Crippen LogP contribution in [0.15, 0.2) is 26.9 Å². The lowest BCUT2D eigenvalue weighted by Crippen LogP contribution is -2.25. The Hall–Kier alpha value is -1.12. The van der Waals surface area contributed by atoms with E-state index in [0.29, 0.717) is 12.8 Å². The highest BCUT2D eigenvalue weighted by Crippen LogP contribution is 2.14. The zero-order valence-corrected chi connectivity index (χ0v) is 10.1. The monoisotopic (exact) mass is 263 g/mol. The molecule has 0 bridgehead atoms. The van der Waals surface area contributed by atoms with Crippen LogP contribution in [-0.4, -0.2) is 26.0 Å². The number of sulfonamides is 1. The molecule has 0 amide bonds. The van der Waals surface area contributed by atoms with Crippen LogP contribution in [0.1, 0.15) is 12.8 Å². The molecule has 0 radical (unpaired) electrons. The Morgan fingerprint density at radius 2 is 2.38 bits per heavy atom. The maximum Gasteiger partial charge on any atom is 0.250 e. The van der Waals surface area contributed by atoms with E-state index in [0.717, 1.165) is 11.3 Å². The summed E-state index contributed by atoms with van der Waals surface area (Å²) in [4.78, 5) is 0. The van der Waals surface area contributed by atoms with Crippen molar-refractivity contribution >= 4 is 27.2 Å². The van der Waals surface area contributed by atoms with Crippen molar-refractivity contribution in [1.29, 1.82) is 0 Å². The number of amidine groups is 1. The fourth-order valence-electron chi connectivity index (χ4n) is 1.01. The van der Waals surface area contributed by atoms with Gasteiger partial charge in [-0.05, 0) is 17.9 Å². The third kappa shape index (κ3) is 3.80. The molecule has 0 atom stereocenters. The molecular weight excluding hydrogens is 250 g/mol. The maximum absolute atomic E-state index is 11.6. The Labute approximate surface area is 97.8 Å². The lowest BCUT2D eigenvalue weighted by atomic mass is 10.3. The Kier molecular flexibility index (Phi) is 4.71. The second-order valence-corrected chi connectivity index (χ2v) is 5.97. The van der Waals surface area contributed by atoms with Gasteiger partial charge in [0.25, 0.3) is 0 Å². The van der Waals surface area contributed by atoms with Crippen LogP contribution in [0.25, 0.3) is 0 Å². The maximum atomic E-state index is 11.6. The van der Waals surface area contributed by atoms with Crippen molar-refractivity contribution < 1.29 is 13.6 Å². The minimum absolute atomic E-state index is 0.0929. The summed E-state index contributed by atoms with van der Waals surface area (Å²) in [5.41, 5.74) is 5.24. The van der Waals surface area contributed by atoms with Gasteiger partial charge in [0.05, 0.1) is 0 Å². The number of oxime groups is 1. The second-order valence-electron chi connectivity index (χ2n) is 3.02. The third-order valence-corrected chi connectivity index (χ3v) is 4.65.